The number of pyridine rings is 1. The number of rotatable bonds is 37. The van der Waals surface area contributed by atoms with Crippen LogP contribution in [0.3, 0.4) is 0 Å². The van der Waals surface area contributed by atoms with Crippen LogP contribution in [0.5, 0.6) is 0 Å². The molecule has 0 aliphatic rings. The van der Waals surface area contributed by atoms with Gasteiger partial charge in [0.15, 0.2) is 0 Å². The van der Waals surface area contributed by atoms with Crippen molar-refractivity contribution in [1.82, 2.24) is 10.3 Å². The minimum atomic E-state index is 0.0193. The van der Waals surface area contributed by atoms with Gasteiger partial charge >= 0.3 is 0 Å². The predicted octanol–water partition coefficient (Wildman–Crippen LogP) is 2.90. The molecule has 0 aliphatic heterocycles. The molecule has 1 N–H and O–H groups in total. The van der Waals surface area contributed by atoms with Gasteiger partial charge < -0.3 is 52.7 Å². The Hall–Kier alpha value is -1.08. The standard InChI is InChI=1S/C31H56N2O11S2/c1-2-9-35-11-13-37-15-17-39-19-21-41-23-25-43-27-28-44-26-24-42-22-20-40-18-16-38-14-12-36-10-8-32-30(34)6-29-45-46-31-5-3-4-7-33-31/h3-5,7H,2,6,8-29H2,1H3,(H,32,34). The van der Waals surface area contributed by atoms with Gasteiger partial charge in [0.25, 0.3) is 0 Å². The lowest BCUT2D eigenvalue weighted by Gasteiger charge is -2.09. The molecule has 1 rings (SSSR count). The second kappa shape index (κ2) is 36.8. The lowest BCUT2D eigenvalue weighted by molar-refractivity contribution is -0.120. The van der Waals surface area contributed by atoms with Gasteiger partial charge in [0.2, 0.25) is 5.91 Å². The van der Waals surface area contributed by atoms with E-state index < -0.39 is 0 Å². The maximum atomic E-state index is 11.8. The number of hydrogen-bond acceptors (Lipinski definition) is 14. The average molecular weight is 697 g/mol. The molecule has 0 radical (unpaired) electrons. The summed E-state index contributed by atoms with van der Waals surface area (Å²) in [5.41, 5.74) is 0. The lowest BCUT2D eigenvalue weighted by Crippen LogP contribution is -2.27. The predicted molar refractivity (Wildman–Crippen MR) is 179 cm³/mol. The Balaban J connectivity index is 1.64. The van der Waals surface area contributed by atoms with Gasteiger partial charge in [-0.05, 0) is 29.3 Å². The summed E-state index contributed by atoms with van der Waals surface area (Å²) in [7, 11) is 3.19. The van der Waals surface area contributed by atoms with E-state index in [0.717, 1.165) is 23.8 Å². The zero-order valence-electron chi connectivity index (χ0n) is 27.5. The summed E-state index contributed by atoms with van der Waals surface area (Å²) in [4.78, 5) is 16.1. The van der Waals surface area contributed by atoms with Crippen LogP contribution in [0.4, 0.5) is 0 Å². The van der Waals surface area contributed by atoms with Crippen molar-refractivity contribution in [3.63, 3.8) is 0 Å². The smallest absolute Gasteiger partial charge is 0.220 e. The summed E-state index contributed by atoms with van der Waals surface area (Å²) in [5, 5.41) is 3.80. The van der Waals surface area contributed by atoms with Crippen LogP contribution in [0.15, 0.2) is 29.4 Å². The van der Waals surface area contributed by atoms with E-state index in [1.807, 2.05) is 18.2 Å². The highest BCUT2D eigenvalue weighted by Crippen LogP contribution is 2.29. The summed E-state index contributed by atoms with van der Waals surface area (Å²) in [5.74, 6) is 0.746. The maximum absolute atomic E-state index is 11.8. The molecule has 268 valence electrons. The van der Waals surface area contributed by atoms with Crippen molar-refractivity contribution < 1.29 is 52.2 Å². The van der Waals surface area contributed by atoms with Crippen molar-refractivity contribution in [2.45, 2.75) is 24.8 Å². The van der Waals surface area contributed by atoms with E-state index in [1.165, 1.54) is 0 Å². The van der Waals surface area contributed by atoms with Gasteiger partial charge in [0, 0.05) is 31.5 Å². The van der Waals surface area contributed by atoms with Crippen LogP contribution in [0.1, 0.15) is 19.8 Å². The van der Waals surface area contributed by atoms with Crippen LogP contribution in [-0.4, -0.2) is 155 Å². The monoisotopic (exact) mass is 696 g/mol. The van der Waals surface area contributed by atoms with Crippen LogP contribution in [0.2, 0.25) is 0 Å². The molecule has 0 unspecified atom stereocenters. The van der Waals surface area contributed by atoms with Gasteiger partial charge in [-0.15, -0.1) is 0 Å². The molecular weight excluding hydrogens is 640 g/mol. The minimum absolute atomic E-state index is 0.0193. The zero-order valence-corrected chi connectivity index (χ0v) is 29.2. The second-order valence-corrected chi connectivity index (χ2v) is 11.7. The van der Waals surface area contributed by atoms with Gasteiger partial charge in [-0.1, -0.05) is 23.8 Å². The maximum Gasteiger partial charge on any atom is 0.220 e. The summed E-state index contributed by atoms with van der Waals surface area (Å²) in [6, 6.07) is 5.78. The lowest BCUT2D eigenvalue weighted by atomic mass is 10.4. The summed E-state index contributed by atoms with van der Waals surface area (Å²) in [6.07, 6.45) is 3.25. The first kappa shape index (κ1) is 42.9. The number of carbonyl (C=O) groups excluding carboxylic acids is 1. The van der Waals surface area contributed by atoms with Gasteiger partial charge in [0.1, 0.15) is 5.03 Å². The summed E-state index contributed by atoms with van der Waals surface area (Å²) in [6.45, 7) is 13.2. The van der Waals surface area contributed by atoms with Crippen molar-refractivity contribution in [2.75, 3.05) is 144 Å². The normalized spacial score (nSPS) is 11.3. The number of amides is 1. The van der Waals surface area contributed by atoms with Crippen molar-refractivity contribution in [2.24, 2.45) is 0 Å². The van der Waals surface area contributed by atoms with E-state index >= 15 is 0 Å². The number of nitrogens with zero attached hydrogens (tertiary/aromatic N) is 1. The second-order valence-electron chi connectivity index (χ2n) is 9.30. The van der Waals surface area contributed by atoms with E-state index in [1.54, 1.807) is 27.8 Å². The third kappa shape index (κ3) is 32.8. The quantitative estimate of drug-likeness (QED) is 0.0807. The molecule has 15 heteroatoms. The number of nitrogens with one attached hydrogen (secondary N) is 1. The van der Waals surface area contributed by atoms with E-state index in [-0.39, 0.29) is 5.91 Å². The number of ether oxygens (including phenoxy) is 10. The molecule has 1 aromatic heterocycles. The first-order valence-electron chi connectivity index (χ1n) is 16.1. The van der Waals surface area contributed by atoms with Crippen molar-refractivity contribution in [1.29, 1.82) is 0 Å². The topological polar surface area (TPSA) is 134 Å². The highest BCUT2D eigenvalue weighted by atomic mass is 33.1. The molecule has 0 bridgehead atoms. The Morgan fingerprint density at radius 2 is 0.978 bits per heavy atom. The fraction of sp³-hybridized carbons (Fsp3) is 0.806. The summed E-state index contributed by atoms with van der Waals surface area (Å²) >= 11 is 0. The molecule has 0 aliphatic carbocycles. The largest absolute Gasteiger partial charge is 0.379 e. The van der Waals surface area contributed by atoms with E-state index in [9.17, 15) is 4.79 Å². The number of hydrogen-bond donors (Lipinski definition) is 1. The van der Waals surface area contributed by atoms with Gasteiger partial charge in [-0.25, -0.2) is 4.98 Å². The molecule has 13 nitrogen and oxygen atoms in total. The molecular formula is C31H56N2O11S2. The van der Waals surface area contributed by atoms with E-state index in [4.69, 9.17) is 47.4 Å². The van der Waals surface area contributed by atoms with E-state index in [2.05, 4.69) is 17.2 Å². The first-order chi connectivity index (χ1) is 22.8. The molecule has 0 saturated heterocycles. The molecule has 0 spiro atoms. The van der Waals surface area contributed by atoms with Crippen molar-refractivity contribution >= 4 is 27.5 Å². The fourth-order valence-electron chi connectivity index (χ4n) is 3.21. The number of aromatic nitrogens is 1. The van der Waals surface area contributed by atoms with E-state index in [0.29, 0.717) is 138 Å². The molecule has 0 atom stereocenters. The Morgan fingerprint density at radius 3 is 1.35 bits per heavy atom. The zero-order chi connectivity index (χ0) is 32.9. The molecule has 0 aromatic carbocycles. The van der Waals surface area contributed by atoms with Gasteiger partial charge in [-0.2, -0.15) is 0 Å². The minimum Gasteiger partial charge on any atom is -0.379 e. The van der Waals surface area contributed by atoms with Crippen LogP contribution < -0.4 is 5.32 Å². The molecule has 1 heterocycles. The van der Waals surface area contributed by atoms with Crippen molar-refractivity contribution in [3.8, 4) is 0 Å². The Labute approximate surface area is 283 Å². The van der Waals surface area contributed by atoms with Crippen LogP contribution in [0.25, 0.3) is 0 Å². The molecule has 0 fully saturated rings. The van der Waals surface area contributed by atoms with Gasteiger partial charge in [0.05, 0.1) is 126 Å². The van der Waals surface area contributed by atoms with Crippen LogP contribution in [0, 0.1) is 0 Å². The highest BCUT2D eigenvalue weighted by Gasteiger charge is 2.02. The highest BCUT2D eigenvalue weighted by molar-refractivity contribution is 8.76. The molecule has 1 amide bonds. The molecule has 1 aromatic rings. The molecule has 46 heavy (non-hydrogen) atoms. The first-order valence-corrected chi connectivity index (χ1v) is 18.4. The SMILES string of the molecule is CCCOCCOCCOCCOCCOCCOCCOCCOCCOCCOCCNC(=O)CCSSc1ccccn1. The third-order valence-electron chi connectivity index (χ3n) is 5.46. The Kier molecular flexibility index (Phi) is 34.3. The van der Waals surface area contributed by atoms with Crippen molar-refractivity contribution in [3.05, 3.63) is 24.4 Å². The van der Waals surface area contributed by atoms with Crippen LogP contribution in [-0.2, 0) is 52.2 Å². The van der Waals surface area contributed by atoms with Gasteiger partial charge in [-0.3, -0.25) is 4.79 Å². The van der Waals surface area contributed by atoms with Crippen LogP contribution >= 0.6 is 21.6 Å². The summed E-state index contributed by atoms with van der Waals surface area (Å²) < 4.78 is 54.5. The Morgan fingerprint density at radius 1 is 0.587 bits per heavy atom. The molecule has 0 saturated carbocycles. The Bertz CT molecular complexity index is 760. The average Bonchev–Trinajstić information content (AvgIpc) is 3.07. The number of carbonyl (C=O) groups is 1. The third-order valence-corrected chi connectivity index (χ3v) is 7.73. The fourth-order valence-corrected chi connectivity index (χ4v) is 5.08.